The van der Waals surface area contributed by atoms with Crippen molar-refractivity contribution in [3.8, 4) is 0 Å². The summed E-state index contributed by atoms with van der Waals surface area (Å²) in [7, 11) is 0. The lowest BCUT2D eigenvalue weighted by atomic mass is 9.87. The van der Waals surface area contributed by atoms with Gasteiger partial charge in [-0.15, -0.1) is 12.4 Å². The molecule has 3 N–H and O–H groups in total. The molecule has 13 heavy (non-hydrogen) atoms. The number of rotatable bonds is 1. The molecule has 0 unspecified atom stereocenters. The van der Waals surface area contributed by atoms with E-state index < -0.39 is 5.97 Å². The molecule has 0 amide bonds. The highest BCUT2D eigenvalue weighted by Crippen LogP contribution is 2.21. The summed E-state index contributed by atoms with van der Waals surface area (Å²) in [4.78, 5) is 10.7. The monoisotopic (exact) mass is 207 g/mol. The number of carboxylic acids is 1. The van der Waals surface area contributed by atoms with Gasteiger partial charge in [0.1, 0.15) is 0 Å². The van der Waals surface area contributed by atoms with Gasteiger partial charge in [-0.05, 0) is 12.8 Å². The van der Waals surface area contributed by atoms with Crippen molar-refractivity contribution in [1.82, 2.24) is 0 Å². The van der Waals surface area contributed by atoms with Gasteiger partial charge in [0.05, 0.1) is 5.92 Å². The summed E-state index contributed by atoms with van der Waals surface area (Å²) in [5.74, 6) is -1.02. The van der Waals surface area contributed by atoms with Crippen LogP contribution < -0.4 is 5.73 Å². The standard InChI is InChI=1S/C9H17NO2.ClH/c10-8-6-4-2-1-3-5-7(8)9(11)12;/h7-8H,1-6,10H2,(H,11,12);1H/t7-,8+;/m1./s1. The van der Waals surface area contributed by atoms with Crippen molar-refractivity contribution in [2.75, 3.05) is 0 Å². The number of nitrogens with two attached hydrogens (primary N) is 1. The Bertz CT molecular complexity index is 164. The number of carbonyl (C=O) groups is 1. The molecule has 0 spiro atoms. The van der Waals surface area contributed by atoms with Crippen molar-refractivity contribution < 1.29 is 9.90 Å². The molecule has 1 aliphatic carbocycles. The van der Waals surface area contributed by atoms with Crippen LogP contribution in [0.25, 0.3) is 0 Å². The number of carboxylic acid groups (broad SMARTS) is 1. The predicted molar refractivity (Wildman–Crippen MR) is 54.1 cm³/mol. The molecule has 0 aromatic rings. The molecule has 3 nitrogen and oxygen atoms in total. The fourth-order valence-corrected chi connectivity index (χ4v) is 1.82. The zero-order chi connectivity index (χ0) is 8.97. The van der Waals surface area contributed by atoms with Gasteiger partial charge in [-0.3, -0.25) is 4.79 Å². The summed E-state index contributed by atoms with van der Waals surface area (Å²) in [5.41, 5.74) is 5.77. The Labute approximate surface area is 85.1 Å². The Morgan fingerprint density at radius 1 is 1.15 bits per heavy atom. The van der Waals surface area contributed by atoms with E-state index in [0.717, 1.165) is 32.1 Å². The Balaban J connectivity index is 0.00000144. The van der Waals surface area contributed by atoms with Crippen molar-refractivity contribution in [3.63, 3.8) is 0 Å². The molecule has 1 aliphatic rings. The molecule has 0 radical (unpaired) electrons. The molecule has 0 saturated heterocycles. The van der Waals surface area contributed by atoms with Crippen LogP contribution in [0.4, 0.5) is 0 Å². The molecular weight excluding hydrogens is 190 g/mol. The number of halogens is 1. The lowest BCUT2D eigenvalue weighted by Crippen LogP contribution is -2.36. The van der Waals surface area contributed by atoms with Gasteiger partial charge in [0.15, 0.2) is 0 Å². The largest absolute Gasteiger partial charge is 0.481 e. The summed E-state index contributed by atoms with van der Waals surface area (Å²) in [6, 6.07) is -0.122. The van der Waals surface area contributed by atoms with E-state index in [9.17, 15) is 4.79 Å². The summed E-state index contributed by atoms with van der Waals surface area (Å²) >= 11 is 0. The third-order valence-electron chi connectivity index (χ3n) is 2.64. The molecule has 0 aliphatic heterocycles. The Kier molecular flexibility index (Phi) is 6.08. The van der Waals surface area contributed by atoms with Crippen molar-refractivity contribution in [2.24, 2.45) is 11.7 Å². The molecule has 0 heterocycles. The van der Waals surface area contributed by atoms with E-state index in [1.807, 2.05) is 0 Å². The third kappa shape index (κ3) is 3.96. The van der Waals surface area contributed by atoms with Crippen LogP contribution in [0.1, 0.15) is 38.5 Å². The summed E-state index contributed by atoms with van der Waals surface area (Å²) in [6.07, 6.45) is 6.11. The number of hydrogen-bond acceptors (Lipinski definition) is 2. The van der Waals surface area contributed by atoms with Crippen LogP contribution in [0, 0.1) is 5.92 Å². The second-order valence-electron chi connectivity index (χ2n) is 3.60. The molecule has 1 fully saturated rings. The minimum Gasteiger partial charge on any atom is -0.481 e. The number of hydrogen-bond donors (Lipinski definition) is 2. The lowest BCUT2D eigenvalue weighted by Gasteiger charge is -2.22. The maximum atomic E-state index is 10.7. The summed E-state index contributed by atoms with van der Waals surface area (Å²) in [6.45, 7) is 0. The molecule has 1 saturated carbocycles. The molecule has 1 rings (SSSR count). The first-order chi connectivity index (χ1) is 5.72. The van der Waals surface area contributed by atoms with Crippen LogP contribution in [0.5, 0.6) is 0 Å². The van der Waals surface area contributed by atoms with E-state index >= 15 is 0 Å². The minimum absolute atomic E-state index is 0. The van der Waals surface area contributed by atoms with E-state index in [2.05, 4.69) is 0 Å². The SMILES string of the molecule is Cl.N[C@H]1CCCCCC[C@H]1C(=O)O. The van der Waals surface area contributed by atoms with Crippen LogP contribution in [-0.4, -0.2) is 17.1 Å². The van der Waals surface area contributed by atoms with Crippen molar-refractivity contribution in [2.45, 2.75) is 44.6 Å². The van der Waals surface area contributed by atoms with Crippen LogP contribution in [0.15, 0.2) is 0 Å². The highest BCUT2D eigenvalue weighted by Gasteiger charge is 2.25. The van der Waals surface area contributed by atoms with Gasteiger partial charge in [-0.25, -0.2) is 0 Å². The molecule has 0 aromatic heterocycles. The third-order valence-corrected chi connectivity index (χ3v) is 2.64. The lowest BCUT2D eigenvalue weighted by molar-refractivity contribution is -0.142. The number of aliphatic carboxylic acids is 1. The predicted octanol–water partition coefficient (Wildman–Crippen LogP) is 1.79. The molecule has 78 valence electrons. The zero-order valence-corrected chi connectivity index (χ0v) is 8.55. The first-order valence-electron chi connectivity index (χ1n) is 4.70. The highest BCUT2D eigenvalue weighted by atomic mass is 35.5. The van der Waals surface area contributed by atoms with E-state index in [0.29, 0.717) is 0 Å². The second kappa shape index (κ2) is 6.22. The molecule has 4 heteroatoms. The molecule has 0 aromatic carbocycles. The van der Waals surface area contributed by atoms with Gasteiger partial charge in [0, 0.05) is 6.04 Å². The van der Waals surface area contributed by atoms with Crippen LogP contribution in [0.3, 0.4) is 0 Å². The van der Waals surface area contributed by atoms with Crippen LogP contribution >= 0.6 is 12.4 Å². The van der Waals surface area contributed by atoms with Crippen molar-refractivity contribution in [1.29, 1.82) is 0 Å². The first kappa shape index (κ1) is 12.7. The van der Waals surface area contributed by atoms with E-state index in [1.165, 1.54) is 6.42 Å². The minimum atomic E-state index is -0.718. The fraction of sp³-hybridized carbons (Fsp3) is 0.889. The average Bonchev–Trinajstić information content (AvgIpc) is 1.96. The highest BCUT2D eigenvalue weighted by molar-refractivity contribution is 5.85. The van der Waals surface area contributed by atoms with Gasteiger partial charge < -0.3 is 10.8 Å². The second-order valence-corrected chi connectivity index (χ2v) is 3.60. The van der Waals surface area contributed by atoms with Gasteiger partial charge in [0.25, 0.3) is 0 Å². The summed E-state index contributed by atoms with van der Waals surface area (Å²) < 4.78 is 0. The van der Waals surface area contributed by atoms with Gasteiger partial charge in [-0.1, -0.05) is 25.7 Å². The molecule has 0 bridgehead atoms. The van der Waals surface area contributed by atoms with E-state index in [4.69, 9.17) is 10.8 Å². The van der Waals surface area contributed by atoms with Gasteiger partial charge >= 0.3 is 5.97 Å². The van der Waals surface area contributed by atoms with Crippen molar-refractivity contribution in [3.05, 3.63) is 0 Å². The Morgan fingerprint density at radius 3 is 2.23 bits per heavy atom. The first-order valence-corrected chi connectivity index (χ1v) is 4.70. The normalized spacial score (nSPS) is 29.6. The van der Waals surface area contributed by atoms with Crippen molar-refractivity contribution >= 4 is 18.4 Å². The Hall–Kier alpha value is -0.280. The fourth-order valence-electron chi connectivity index (χ4n) is 1.82. The zero-order valence-electron chi connectivity index (χ0n) is 7.74. The smallest absolute Gasteiger partial charge is 0.308 e. The quantitative estimate of drug-likeness (QED) is 0.689. The maximum absolute atomic E-state index is 10.7. The molecule has 2 atom stereocenters. The Morgan fingerprint density at radius 2 is 1.69 bits per heavy atom. The van der Waals surface area contributed by atoms with Crippen LogP contribution in [0.2, 0.25) is 0 Å². The van der Waals surface area contributed by atoms with E-state index in [1.54, 1.807) is 0 Å². The van der Waals surface area contributed by atoms with Gasteiger partial charge in [0.2, 0.25) is 0 Å². The van der Waals surface area contributed by atoms with Gasteiger partial charge in [-0.2, -0.15) is 0 Å². The maximum Gasteiger partial charge on any atom is 0.308 e. The average molecular weight is 208 g/mol. The summed E-state index contributed by atoms with van der Waals surface area (Å²) in [5, 5.41) is 8.85. The van der Waals surface area contributed by atoms with E-state index in [-0.39, 0.29) is 24.4 Å². The van der Waals surface area contributed by atoms with Crippen LogP contribution in [-0.2, 0) is 4.79 Å². The molecular formula is C9H18ClNO2. The topological polar surface area (TPSA) is 63.3 Å².